The zero-order valence-electron chi connectivity index (χ0n) is 18.1. The minimum absolute atomic E-state index is 0.162. The molecule has 0 aliphatic heterocycles. The van der Waals surface area contributed by atoms with Gasteiger partial charge in [0, 0.05) is 12.0 Å². The lowest BCUT2D eigenvalue weighted by Gasteiger charge is -2.34. The van der Waals surface area contributed by atoms with E-state index in [4.69, 9.17) is 0 Å². The Balaban J connectivity index is 1.72. The molecule has 2 saturated carbocycles. The summed E-state index contributed by atoms with van der Waals surface area (Å²) in [6.07, 6.45) is 16.9. The Morgan fingerprint density at radius 2 is 1.23 bits per heavy atom. The van der Waals surface area contributed by atoms with Gasteiger partial charge < -0.3 is 5.32 Å². The topological polar surface area (TPSA) is 29.1 Å². The summed E-state index contributed by atoms with van der Waals surface area (Å²) in [5.74, 6) is 4.35. The lowest BCUT2D eigenvalue weighted by molar-refractivity contribution is -0.121. The summed E-state index contributed by atoms with van der Waals surface area (Å²) in [7, 11) is 0. The Kier molecular flexibility index (Phi) is 9.67. The number of hydrogen-bond donors (Lipinski definition) is 1. The largest absolute Gasteiger partial charge is 0.307 e. The molecule has 2 aliphatic carbocycles. The number of rotatable bonds is 6. The van der Waals surface area contributed by atoms with Crippen LogP contribution in [-0.2, 0) is 4.79 Å². The molecular formula is C24H45NO. The van der Waals surface area contributed by atoms with Gasteiger partial charge in [-0.1, -0.05) is 91.9 Å². The van der Waals surface area contributed by atoms with Gasteiger partial charge in [-0.2, -0.15) is 0 Å². The summed E-state index contributed by atoms with van der Waals surface area (Å²) in [4.78, 5) is 11.9. The Morgan fingerprint density at radius 1 is 0.769 bits per heavy atom. The van der Waals surface area contributed by atoms with Crippen LogP contribution in [0.25, 0.3) is 0 Å². The van der Waals surface area contributed by atoms with Gasteiger partial charge >= 0.3 is 0 Å². The standard InChI is InChI=1S/C24H45NO/c1-18(2)20-9-5-11-21(12-6-10-20)22-13-7-15-23(16-8-14-22)25-17-24(26)19(3)4/h18-23,25H,5-17H2,1-4H3. The fraction of sp³-hybridized carbons (Fsp3) is 0.958. The van der Waals surface area contributed by atoms with Crippen molar-refractivity contribution in [2.24, 2.45) is 29.6 Å². The van der Waals surface area contributed by atoms with Crippen LogP contribution in [0.1, 0.15) is 105 Å². The van der Waals surface area contributed by atoms with E-state index < -0.39 is 0 Å². The van der Waals surface area contributed by atoms with Crippen LogP contribution in [0.15, 0.2) is 0 Å². The highest BCUT2D eigenvalue weighted by Gasteiger charge is 2.26. The van der Waals surface area contributed by atoms with Gasteiger partial charge in [-0.05, 0) is 36.5 Å². The first-order chi connectivity index (χ1) is 12.5. The molecule has 0 heterocycles. The van der Waals surface area contributed by atoms with Gasteiger partial charge in [0.25, 0.3) is 0 Å². The molecule has 2 aliphatic rings. The van der Waals surface area contributed by atoms with E-state index in [1.54, 1.807) is 0 Å². The average Bonchev–Trinajstić information content (AvgIpc) is 2.53. The molecule has 0 aromatic carbocycles. The smallest absolute Gasteiger partial charge is 0.149 e. The molecule has 0 atom stereocenters. The second-order valence-electron chi connectivity index (χ2n) is 9.95. The molecule has 152 valence electrons. The molecule has 0 unspecified atom stereocenters. The number of hydrogen-bond acceptors (Lipinski definition) is 2. The van der Waals surface area contributed by atoms with E-state index in [2.05, 4.69) is 19.2 Å². The van der Waals surface area contributed by atoms with E-state index >= 15 is 0 Å². The van der Waals surface area contributed by atoms with Crippen LogP contribution in [0.3, 0.4) is 0 Å². The molecule has 0 aromatic rings. The fourth-order valence-corrected chi connectivity index (χ4v) is 5.38. The highest BCUT2D eigenvalue weighted by molar-refractivity contribution is 5.82. The normalized spacial score (nSPS) is 31.9. The molecule has 0 saturated heterocycles. The Hall–Kier alpha value is -0.370. The molecule has 0 radical (unpaired) electrons. The van der Waals surface area contributed by atoms with Crippen LogP contribution in [-0.4, -0.2) is 18.4 Å². The summed E-state index contributed by atoms with van der Waals surface area (Å²) in [6, 6.07) is 0.572. The van der Waals surface area contributed by atoms with E-state index in [-0.39, 0.29) is 5.92 Å². The maximum atomic E-state index is 11.9. The van der Waals surface area contributed by atoms with Gasteiger partial charge in [0.05, 0.1) is 6.54 Å². The van der Waals surface area contributed by atoms with Crippen molar-refractivity contribution in [3.05, 3.63) is 0 Å². The van der Waals surface area contributed by atoms with Crippen LogP contribution >= 0.6 is 0 Å². The Labute approximate surface area is 163 Å². The molecule has 0 bridgehead atoms. The van der Waals surface area contributed by atoms with Crippen LogP contribution < -0.4 is 5.32 Å². The minimum Gasteiger partial charge on any atom is -0.307 e. The number of ketones is 1. The molecule has 0 spiro atoms. The summed E-state index contributed by atoms with van der Waals surface area (Å²) >= 11 is 0. The first-order valence-electron chi connectivity index (χ1n) is 11.7. The number of Topliss-reactive ketones (excluding diaryl/α,β-unsaturated/α-hetero) is 1. The van der Waals surface area contributed by atoms with Crippen LogP contribution in [0, 0.1) is 29.6 Å². The highest BCUT2D eigenvalue weighted by Crippen LogP contribution is 2.38. The van der Waals surface area contributed by atoms with Crippen molar-refractivity contribution in [3.63, 3.8) is 0 Å². The second-order valence-corrected chi connectivity index (χ2v) is 9.95. The maximum absolute atomic E-state index is 11.9. The summed E-state index contributed by atoms with van der Waals surface area (Å²) < 4.78 is 0. The van der Waals surface area contributed by atoms with E-state index in [1.165, 1.54) is 77.0 Å². The minimum atomic E-state index is 0.162. The maximum Gasteiger partial charge on any atom is 0.149 e. The zero-order valence-corrected chi connectivity index (χ0v) is 18.1. The molecule has 2 heteroatoms. The van der Waals surface area contributed by atoms with Crippen molar-refractivity contribution < 1.29 is 4.79 Å². The van der Waals surface area contributed by atoms with Crippen molar-refractivity contribution in [2.75, 3.05) is 6.54 Å². The van der Waals surface area contributed by atoms with E-state index in [0.29, 0.717) is 18.4 Å². The van der Waals surface area contributed by atoms with E-state index in [0.717, 1.165) is 23.7 Å². The molecule has 2 fully saturated rings. The summed E-state index contributed by atoms with van der Waals surface area (Å²) in [5.41, 5.74) is 0. The Bertz CT molecular complexity index is 383. The van der Waals surface area contributed by atoms with Gasteiger partial charge in [0.1, 0.15) is 5.78 Å². The monoisotopic (exact) mass is 363 g/mol. The van der Waals surface area contributed by atoms with Crippen molar-refractivity contribution >= 4 is 5.78 Å². The van der Waals surface area contributed by atoms with Gasteiger partial charge in [-0.15, -0.1) is 0 Å². The Morgan fingerprint density at radius 3 is 1.65 bits per heavy atom. The van der Waals surface area contributed by atoms with Gasteiger partial charge in [0.2, 0.25) is 0 Å². The van der Waals surface area contributed by atoms with Crippen molar-refractivity contribution in [1.29, 1.82) is 0 Å². The third-order valence-corrected chi connectivity index (χ3v) is 7.37. The first-order valence-corrected chi connectivity index (χ1v) is 11.7. The first kappa shape index (κ1) is 21.9. The van der Waals surface area contributed by atoms with Gasteiger partial charge in [-0.3, -0.25) is 4.79 Å². The van der Waals surface area contributed by atoms with Crippen molar-refractivity contribution in [3.8, 4) is 0 Å². The molecule has 0 aromatic heterocycles. The molecule has 26 heavy (non-hydrogen) atoms. The average molecular weight is 364 g/mol. The predicted octanol–water partition coefficient (Wildman–Crippen LogP) is 6.38. The van der Waals surface area contributed by atoms with Crippen molar-refractivity contribution in [2.45, 2.75) is 111 Å². The van der Waals surface area contributed by atoms with Crippen LogP contribution in [0.5, 0.6) is 0 Å². The quantitative estimate of drug-likeness (QED) is 0.593. The lowest BCUT2D eigenvalue weighted by atomic mass is 9.73. The van der Waals surface area contributed by atoms with Gasteiger partial charge in [-0.25, -0.2) is 0 Å². The SMILES string of the molecule is CC(C)C(=O)CNC1CCCC(C2CCCC(C(C)C)CCC2)CCC1. The second kappa shape index (κ2) is 11.5. The van der Waals surface area contributed by atoms with Crippen LogP contribution in [0.4, 0.5) is 0 Å². The van der Waals surface area contributed by atoms with Gasteiger partial charge in [0.15, 0.2) is 0 Å². The third-order valence-electron chi connectivity index (χ3n) is 7.37. The number of carbonyl (C=O) groups excluding carboxylic acids is 1. The molecule has 2 rings (SSSR count). The molecule has 0 amide bonds. The molecule has 1 N–H and O–H groups in total. The third kappa shape index (κ3) is 7.33. The highest BCUT2D eigenvalue weighted by atomic mass is 16.1. The number of nitrogens with one attached hydrogen (secondary N) is 1. The van der Waals surface area contributed by atoms with Crippen molar-refractivity contribution in [1.82, 2.24) is 5.32 Å². The molecule has 2 nitrogen and oxygen atoms in total. The lowest BCUT2D eigenvalue weighted by Crippen LogP contribution is -2.36. The molecular weight excluding hydrogens is 318 g/mol. The van der Waals surface area contributed by atoms with E-state index in [9.17, 15) is 4.79 Å². The summed E-state index contributed by atoms with van der Waals surface area (Å²) in [6.45, 7) is 9.41. The zero-order chi connectivity index (χ0) is 18.9. The van der Waals surface area contributed by atoms with E-state index in [1.807, 2.05) is 13.8 Å². The fourth-order valence-electron chi connectivity index (χ4n) is 5.38. The summed E-state index contributed by atoms with van der Waals surface area (Å²) in [5, 5.41) is 3.55. The number of carbonyl (C=O) groups is 1. The predicted molar refractivity (Wildman–Crippen MR) is 112 cm³/mol. The van der Waals surface area contributed by atoms with Crippen LogP contribution in [0.2, 0.25) is 0 Å².